The van der Waals surface area contributed by atoms with Crippen LogP contribution in [0.5, 0.6) is 5.75 Å². The van der Waals surface area contributed by atoms with E-state index in [0.29, 0.717) is 12.4 Å². The van der Waals surface area contributed by atoms with Crippen molar-refractivity contribution in [2.45, 2.75) is 24.4 Å². The van der Waals surface area contributed by atoms with Crippen molar-refractivity contribution in [2.75, 3.05) is 0 Å². The molecular formula is C18H18N4O3S. The van der Waals surface area contributed by atoms with Crippen molar-refractivity contribution in [2.24, 2.45) is 7.05 Å². The maximum Gasteiger partial charge on any atom is 0.269 e. The fourth-order valence-corrected chi connectivity index (χ4v) is 3.20. The number of aromatic nitrogens is 3. The third-order valence-electron chi connectivity index (χ3n) is 3.80. The Morgan fingerprint density at radius 1 is 1.19 bits per heavy atom. The maximum absolute atomic E-state index is 10.7. The molecule has 1 aromatic heterocycles. The van der Waals surface area contributed by atoms with Gasteiger partial charge in [-0.15, -0.1) is 10.2 Å². The predicted octanol–water partition coefficient (Wildman–Crippen LogP) is 3.90. The molecule has 0 aliphatic carbocycles. The number of hydrogen-bond acceptors (Lipinski definition) is 6. The van der Waals surface area contributed by atoms with Crippen molar-refractivity contribution in [3.63, 3.8) is 0 Å². The van der Waals surface area contributed by atoms with E-state index in [2.05, 4.69) is 10.2 Å². The lowest BCUT2D eigenvalue weighted by Crippen LogP contribution is -2.04. The Bertz CT molecular complexity index is 909. The van der Waals surface area contributed by atoms with Crippen molar-refractivity contribution in [1.82, 2.24) is 14.8 Å². The van der Waals surface area contributed by atoms with Crippen LogP contribution in [0.4, 0.5) is 5.69 Å². The van der Waals surface area contributed by atoms with Gasteiger partial charge >= 0.3 is 0 Å². The molecule has 0 aliphatic heterocycles. The number of rotatable bonds is 7. The molecule has 0 aliphatic rings. The summed E-state index contributed by atoms with van der Waals surface area (Å²) < 4.78 is 7.66. The molecule has 0 saturated heterocycles. The van der Waals surface area contributed by atoms with E-state index in [1.165, 1.54) is 23.9 Å². The second-order valence-corrected chi connectivity index (χ2v) is 6.72. The summed E-state index contributed by atoms with van der Waals surface area (Å²) in [7, 11) is 1.90. The minimum absolute atomic E-state index is 0.0907. The van der Waals surface area contributed by atoms with Gasteiger partial charge in [0, 0.05) is 24.9 Å². The van der Waals surface area contributed by atoms with Gasteiger partial charge in [0.05, 0.1) is 4.92 Å². The summed E-state index contributed by atoms with van der Waals surface area (Å²) in [6.45, 7) is 2.35. The standard InChI is InChI=1S/C18H18N4O3S/c1-13-4-3-5-16(10-13)25-11-17-19-20-18(21(17)2)26-12-14-6-8-15(9-7-14)22(23)24/h3-10H,11-12H2,1-2H3. The van der Waals surface area contributed by atoms with Gasteiger partial charge in [-0.3, -0.25) is 10.1 Å². The summed E-state index contributed by atoms with van der Waals surface area (Å²) in [6, 6.07) is 14.4. The van der Waals surface area contributed by atoms with Crippen molar-refractivity contribution >= 4 is 17.4 Å². The maximum atomic E-state index is 10.7. The topological polar surface area (TPSA) is 83.1 Å². The summed E-state index contributed by atoms with van der Waals surface area (Å²) in [6.07, 6.45) is 0. The van der Waals surface area contributed by atoms with E-state index >= 15 is 0 Å². The van der Waals surface area contributed by atoms with Crippen LogP contribution in [0.25, 0.3) is 0 Å². The quantitative estimate of drug-likeness (QED) is 0.356. The summed E-state index contributed by atoms with van der Waals surface area (Å²) in [5.74, 6) is 2.19. The smallest absolute Gasteiger partial charge is 0.269 e. The molecule has 3 aromatic rings. The van der Waals surface area contributed by atoms with E-state index < -0.39 is 4.92 Å². The minimum Gasteiger partial charge on any atom is -0.486 e. The average molecular weight is 370 g/mol. The SMILES string of the molecule is Cc1cccc(OCc2nnc(SCc3ccc([N+](=O)[O-])cc3)n2C)c1. The van der Waals surface area contributed by atoms with Crippen molar-refractivity contribution in [1.29, 1.82) is 0 Å². The molecule has 2 aromatic carbocycles. The molecule has 134 valence electrons. The Morgan fingerprint density at radius 3 is 2.65 bits per heavy atom. The van der Waals surface area contributed by atoms with E-state index in [9.17, 15) is 10.1 Å². The first-order valence-electron chi connectivity index (χ1n) is 7.97. The zero-order chi connectivity index (χ0) is 18.5. The molecule has 0 unspecified atom stereocenters. The average Bonchev–Trinajstić information content (AvgIpc) is 2.98. The molecule has 0 atom stereocenters. The number of aryl methyl sites for hydroxylation is 1. The van der Waals surface area contributed by atoms with Gasteiger partial charge < -0.3 is 9.30 Å². The number of hydrogen-bond donors (Lipinski definition) is 0. The zero-order valence-electron chi connectivity index (χ0n) is 14.5. The largest absolute Gasteiger partial charge is 0.486 e. The Balaban J connectivity index is 1.59. The van der Waals surface area contributed by atoms with Gasteiger partial charge in [-0.2, -0.15) is 0 Å². The molecule has 0 fully saturated rings. The number of nitrogens with zero attached hydrogens (tertiary/aromatic N) is 4. The first kappa shape index (κ1) is 17.9. The highest BCUT2D eigenvalue weighted by Gasteiger charge is 2.11. The van der Waals surface area contributed by atoms with Crippen LogP contribution in [0.3, 0.4) is 0 Å². The van der Waals surface area contributed by atoms with Crippen LogP contribution in [0, 0.1) is 17.0 Å². The van der Waals surface area contributed by atoms with Gasteiger partial charge in [-0.25, -0.2) is 0 Å². The molecule has 0 spiro atoms. The van der Waals surface area contributed by atoms with Crippen LogP contribution in [0.1, 0.15) is 17.0 Å². The lowest BCUT2D eigenvalue weighted by molar-refractivity contribution is -0.384. The van der Waals surface area contributed by atoms with Gasteiger partial charge in [0.25, 0.3) is 5.69 Å². The number of ether oxygens (including phenoxy) is 1. The Kier molecular flexibility index (Phi) is 5.52. The number of benzene rings is 2. The first-order valence-corrected chi connectivity index (χ1v) is 8.95. The highest BCUT2D eigenvalue weighted by molar-refractivity contribution is 7.98. The van der Waals surface area contributed by atoms with E-state index in [1.54, 1.807) is 12.1 Å². The number of non-ortho nitro benzene ring substituents is 1. The van der Waals surface area contributed by atoms with Crippen LogP contribution in [-0.2, 0) is 19.4 Å². The van der Waals surface area contributed by atoms with E-state index in [1.807, 2.05) is 42.8 Å². The van der Waals surface area contributed by atoms with E-state index in [4.69, 9.17) is 4.74 Å². The third kappa shape index (κ3) is 4.40. The van der Waals surface area contributed by atoms with Gasteiger partial charge in [0.2, 0.25) is 0 Å². The van der Waals surface area contributed by atoms with Crippen LogP contribution >= 0.6 is 11.8 Å². The van der Waals surface area contributed by atoms with Crippen LogP contribution in [0.15, 0.2) is 53.7 Å². The van der Waals surface area contributed by atoms with Gasteiger partial charge in [-0.1, -0.05) is 36.0 Å². The van der Waals surface area contributed by atoms with E-state index in [0.717, 1.165) is 27.9 Å². The molecule has 0 saturated carbocycles. The molecule has 7 nitrogen and oxygen atoms in total. The summed E-state index contributed by atoms with van der Waals surface area (Å²) in [5, 5.41) is 19.8. The normalized spacial score (nSPS) is 10.7. The highest BCUT2D eigenvalue weighted by atomic mass is 32.2. The summed E-state index contributed by atoms with van der Waals surface area (Å²) in [5.41, 5.74) is 2.22. The van der Waals surface area contributed by atoms with Crippen LogP contribution < -0.4 is 4.74 Å². The molecule has 26 heavy (non-hydrogen) atoms. The minimum atomic E-state index is -0.403. The molecule has 0 amide bonds. The second kappa shape index (κ2) is 8.01. The lowest BCUT2D eigenvalue weighted by atomic mass is 10.2. The molecule has 0 bridgehead atoms. The van der Waals surface area contributed by atoms with Crippen molar-refractivity contribution in [3.8, 4) is 5.75 Å². The Hall–Kier alpha value is -2.87. The number of thioether (sulfide) groups is 1. The van der Waals surface area contributed by atoms with Crippen LogP contribution in [0.2, 0.25) is 0 Å². The summed E-state index contributed by atoms with van der Waals surface area (Å²) >= 11 is 1.52. The summed E-state index contributed by atoms with van der Waals surface area (Å²) in [4.78, 5) is 10.3. The molecule has 0 N–H and O–H groups in total. The molecule has 3 rings (SSSR count). The van der Waals surface area contributed by atoms with Gasteiger partial charge in [0.1, 0.15) is 12.4 Å². The third-order valence-corrected chi connectivity index (χ3v) is 4.89. The van der Waals surface area contributed by atoms with Gasteiger partial charge in [-0.05, 0) is 30.2 Å². The van der Waals surface area contributed by atoms with Crippen LogP contribution in [-0.4, -0.2) is 19.7 Å². The lowest BCUT2D eigenvalue weighted by Gasteiger charge is -2.07. The van der Waals surface area contributed by atoms with Crippen molar-refractivity contribution in [3.05, 3.63) is 75.6 Å². The number of nitro benzene ring substituents is 1. The molecule has 1 heterocycles. The first-order chi connectivity index (χ1) is 12.5. The fourth-order valence-electron chi connectivity index (χ4n) is 2.31. The Morgan fingerprint density at radius 2 is 1.96 bits per heavy atom. The zero-order valence-corrected chi connectivity index (χ0v) is 15.3. The highest BCUT2D eigenvalue weighted by Crippen LogP contribution is 2.23. The fraction of sp³-hybridized carbons (Fsp3) is 0.222. The predicted molar refractivity (Wildman–Crippen MR) is 99.2 cm³/mol. The van der Waals surface area contributed by atoms with E-state index in [-0.39, 0.29) is 5.69 Å². The second-order valence-electron chi connectivity index (χ2n) is 5.78. The molecule has 0 radical (unpaired) electrons. The van der Waals surface area contributed by atoms with Gasteiger partial charge in [0.15, 0.2) is 11.0 Å². The van der Waals surface area contributed by atoms with Crippen molar-refractivity contribution < 1.29 is 9.66 Å². The monoisotopic (exact) mass is 370 g/mol. The molecule has 8 heteroatoms. The number of nitro groups is 1. The molecular weight excluding hydrogens is 352 g/mol. The Labute approximate surface area is 155 Å².